The molecule has 0 saturated heterocycles. The largest absolute Gasteiger partial charge is 0.346 e. The number of nitrogens with zero attached hydrogens (tertiary/aromatic N) is 1. The molecule has 0 unspecified atom stereocenters. The van der Waals surface area contributed by atoms with E-state index in [2.05, 4.69) is 13.8 Å². The third kappa shape index (κ3) is 6.62. The summed E-state index contributed by atoms with van der Waals surface area (Å²) in [6.45, 7) is 5.22. The van der Waals surface area contributed by atoms with Gasteiger partial charge in [-0.05, 0) is 12.8 Å². The smallest absolute Gasteiger partial charge is 0.222 e. The zero-order chi connectivity index (χ0) is 10.1. The lowest BCUT2D eigenvalue weighted by Gasteiger charge is -2.16. The second-order valence-corrected chi connectivity index (χ2v) is 3.63. The summed E-state index contributed by atoms with van der Waals surface area (Å²) >= 11 is 0. The highest BCUT2D eigenvalue weighted by Gasteiger charge is 2.06. The van der Waals surface area contributed by atoms with Gasteiger partial charge >= 0.3 is 0 Å². The van der Waals surface area contributed by atoms with Crippen LogP contribution in [0.5, 0.6) is 0 Å². The van der Waals surface area contributed by atoms with Crippen molar-refractivity contribution in [2.75, 3.05) is 13.6 Å². The quantitative estimate of drug-likeness (QED) is 0.558. The number of carbonyl (C=O) groups is 1. The lowest BCUT2D eigenvalue weighted by Crippen LogP contribution is -2.27. The molecule has 0 atom stereocenters. The molecule has 78 valence electrons. The van der Waals surface area contributed by atoms with Crippen molar-refractivity contribution in [3.05, 3.63) is 0 Å². The predicted octanol–water partition coefficient (Wildman–Crippen LogP) is 2.83. The van der Waals surface area contributed by atoms with Gasteiger partial charge in [0.25, 0.3) is 0 Å². The molecule has 0 bridgehead atoms. The fourth-order valence-electron chi connectivity index (χ4n) is 1.24. The van der Waals surface area contributed by atoms with E-state index in [9.17, 15) is 4.79 Å². The topological polar surface area (TPSA) is 20.3 Å². The molecule has 13 heavy (non-hydrogen) atoms. The van der Waals surface area contributed by atoms with E-state index in [1.165, 1.54) is 12.8 Å². The normalized spacial score (nSPS) is 10.1. The third-order valence-corrected chi connectivity index (χ3v) is 2.27. The van der Waals surface area contributed by atoms with E-state index in [4.69, 9.17) is 0 Å². The van der Waals surface area contributed by atoms with Crippen LogP contribution in [0.15, 0.2) is 0 Å². The zero-order valence-corrected chi connectivity index (χ0v) is 9.31. The minimum absolute atomic E-state index is 0.304. The van der Waals surface area contributed by atoms with E-state index >= 15 is 0 Å². The summed E-state index contributed by atoms with van der Waals surface area (Å²) in [6.07, 6.45) is 6.44. The van der Waals surface area contributed by atoms with Crippen molar-refractivity contribution in [3.8, 4) is 0 Å². The summed E-state index contributed by atoms with van der Waals surface area (Å²) in [6, 6.07) is 0. The van der Waals surface area contributed by atoms with Gasteiger partial charge in [-0.2, -0.15) is 0 Å². The molecule has 1 amide bonds. The molecular weight excluding hydrogens is 162 g/mol. The van der Waals surface area contributed by atoms with Gasteiger partial charge in [-0.1, -0.05) is 33.1 Å². The van der Waals surface area contributed by atoms with Gasteiger partial charge in [0, 0.05) is 20.0 Å². The molecule has 2 nitrogen and oxygen atoms in total. The summed E-state index contributed by atoms with van der Waals surface area (Å²) in [4.78, 5) is 13.3. The Bertz CT molecular complexity index is 134. The van der Waals surface area contributed by atoms with Gasteiger partial charge in [0.05, 0.1) is 0 Å². The van der Waals surface area contributed by atoms with Crippen molar-refractivity contribution >= 4 is 5.91 Å². The minimum Gasteiger partial charge on any atom is -0.346 e. The lowest BCUT2D eigenvalue weighted by molar-refractivity contribution is -0.130. The van der Waals surface area contributed by atoms with Crippen molar-refractivity contribution in [1.29, 1.82) is 0 Å². The zero-order valence-electron chi connectivity index (χ0n) is 9.31. The molecule has 0 fully saturated rings. The number of hydrogen-bond donors (Lipinski definition) is 0. The van der Waals surface area contributed by atoms with E-state index in [1.807, 2.05) is 11.9 Å². The van der Waals surface area contributed by atoms with Gasteiger partial charge in [-0.3, -0.25) is 4.79 Å². The number of hydrogen-bond acceptors (Lipinski definition) is 1. The average Bonchev–Trinajstić information content (AvgIpc) is 2.14. The fourth-order valence-corrected chi connectivity index (χ4v) is 1.24. The van der Waals surface area contributed by atoms with Gasteiger partial charge < -0.3 is 4.90 Å². The molecule has 0 aromatic heterocycles. The van der Waals surface area contributed by atoms with E-state index in [0.717, 1.165) is 32.2 Å². The monoisotopic (exact) mass is 185 g/mol. The SMILES string of the molecule is CCCCCN(C)C(=O)CCCC. The minimum atomic E-state index is 0.304. The summed E-state index contributed by atoms with van der Waals surface area (Å²) in [5.74, 6) is 0.304. The molecule has 0 heterocycles. The van der Waals surface area contributed by atoms with Crippen LogP contribution in [0.3, 0.4) is 0 Å². The number of amides is 1. The Labute approximate surface area is 82.3 Å². The van der Waals surface area contributed by atoms with Crippen LogP contribution < -0.4 is 0 Å². The Morgan fingerprint density at radius 3 is 2.23 bits per heavy atom. The first-order valence-corrected chi connectivity index (χ1v) is 5.46. The van der Waals surface area contributed by atoms with Gasteiger partial charge in [-0.25, -0.2) is 0 Å². The van der Waals surface area contributed by atoms with Gasteiger partial charge in [-0.15, -0.1) is 0 Å². The van der Waals surface area contributed by atoms with Gasteiger partial charge in [0.15, 0.2) is 0 Å². The molecular formula is C11H23NO. The van der Waals surface area contributed by atoms with E-state index in [1.54, 1.807) is 0 Å². The molecule has 0 N–H and O–H groups in total. The van der Waals surface area contributed by atoms with Crippen LogP contribution in [-0.2, 0) is 4.79 Å². The summed E-state index contributed by atoms with van der Waals surface area (Å²) in [5.41, 5.74) is 0. The van der Waals surface area contributed by atoms with Crippen molar-refractivity contribution in [2.24, 2.45) is 0 Å². The highest BCUT2D eigenvalue weighted by atomic mass is 16.2. The van der Waals surface area contributed by atoms with E-state index in [-0.39, 0.29) is 0 Å². The molecule has 0 aromatic carbocycles. The Hall–Kier alpha value is -0.530. The van der Waals surface area contributed by atoms with Gasteiger partial charge in [0.2, 0.25) is 5.91 Å². The van der Waals surface area contributed by atoms with Crippen LogP contribution in [0.4, 0.5) is 0 Å². The molecule has 0 rings (SSSR count). The summed E-state index contributed by atoms with van der Waals surface area (Å²) < 4.78 is 0. The number of rotatable bonds is 7. The van der Waals surface area contributed by atoms with Crippen LogP contribution >= 0.6 is 0 Å². The van der Waals surface area contributed by atoms with E-state index in [0.29, 0.717) is 5.91 Å². The van der Waals surface area contributed by atoms with Crippen molar-refractivity contribution in [3.63, 3.8) is 0 Å². The van der Waals surface area contributed by atoms with Crippen LogP contribution in [0.1, 0.15) is 52.4 Å². The maximum atomic E-state index is 11.4. The van der Waals surface area contributed by atoms with Crippen LogP contribution in [0.25, 0.3) is 0 Å². The Morgan fingerprint density at radius 2 is 1.69 bits per heavy atom. The lowest BCUT2D eigenvalue weighted by atomic mass is 10.2. The molecule has 0 aliphatic carbocycles. The first kappa shape index (κ1) is 12.5. The standard InChI is InChI=1S/C11H23NO/c1-4-6-8-10-12(3)11(13)9-7-5-2/h4-10H2,1-3H3. The van der Waals surface area contributed by atoms with Crippen molar-refractivity contribution < 1.29 is 4.79 Å². The fraction of sp³-hybridized carbons (Fsp3) is 0.909. The molecule has 0 aliphatic heterocycles. The second kappa shape index (κ2) is 8.09. The van der Waals surface area contributed by atoms with Crippen molar-refractivity contribution in [1.82, 2.24) is 4.90 Å². The first-order chi connectivity index (χ1) is 6.22. The van der Waals surface area contributed by atoms with Crippen LogP contribution in [-0.4, -0.2) is 24.4 Å². The summed E-state index contributed by atoms with van der Waals surface area (Å²) in [5, 5.41) is 0. The van der Waals surface area contributed by atoms with Gasteiger partial charge in [0.1, 0.15) is 0 Å². The molecule has 0 aliphatic rings. The predicted molar refractivity (Wildman–Crippen MR) is 56.7 cm³/mol. The van der Waals surface area contributed by atoms with E-state index < -0.39 is 0 Å². The molecule has 0 radical (unpaired) electrons. The van der Waals surface area contributed by atoms with Crippen LogP contribution in [0.2, 0.25) is 0 Å². The van der Waals surface area contributed by atoms with Crippen molar-refractivity contribution in [2.45, 2.75) is 52.4 Å². The number of carbonyl (C=O) groups excluding carboxylic acids is 1. The first-order valence-electron chi connectivity index (χ1n) is 5.46. The maximum absolute atomic E-state index is 11.4. The highest BCUT2D eigenvalue weighted by Crippen LogP contribution is 2.01. The number of unbranched alkanes of at least 4 members (excludes halogenated alkanes) is 3. The Kier molecular flexibility index (Phi) is 7.76. The molecule has 0 aromatic rings. The molecule has 2 heteroatoms. The second-order valence-electron chi connectivity index (χ2n) is 3.63. The summed E-state index contributed by atoms with van der Waals surface area (Å²) in [7, 11) is 1.91. The van der Waals surface area contributed by atoms with Crippen LogP contribution in [0, 0.1) is 0 Å². The Morgan fingerprint density at radius 1 is 1.08 bits per heavy atom. The maximum Gasteiger partial charge on any atom is 0.222 e. The highest BCUT2D eigenvalue weighted by molar-refractivity contribution is 5.75. The average molecular weight is 185 g/mol. The Balaban J connectivity index is 3.45. The molecule has 0 saturated carbocycles. The third-order valence-electron chi connectivity index (χ3n) is 2.27. The molecule has 0 spiro atoms.